The summed E-state index contributed by atoms with van der Waals surface area (Å²) in [6, 6.07) is 0. The number of carbonyl (C=O) groups excluding carboxylic acids is 2. The van der Waals surface area contributed by atoms with Crippen LogP contribution in [0.25, 0.3) is 0 Å². The molecule has 0 radical (unpaired) electrons. The Kier molecular flexibility index (Phi) is 23.8. The zero-order valence-corrected chi connectivity index (χ0v) is 10.1. The van der Waals surface area contributed by atoms with Crippen LogP contribution in [-0.4, -0.2) is 25.5 Å². The molecule has 0 atom stereocenters. The summed E-state index contributed by atoms with van der Waals surface area (Å²) in [6.45, 7) is 9.67. The van der Waals surface area contributed by atoms with E-state index >= 15 is 0 Å². The quantitative estimate of drug-likeness (QED) is 0.753. The van der Waals surface area contributed by atoms with Crippen molar-refractivity contribution in [2.75, 3.05) is 13.7 Å². The molecule has 0 bridgehead atoms. The van der Waals surface area contributed by atoms with Gasteiger partial charge in [-0.1, -0.05) is 34.1 Å². The molecular weight excluding hydrogens is 182 g/mol. The van der Waals surface area contributed by atoms with E-state index < -0.39 is 6.09 Å². The average Bonchev–Trinajstić information content (AvgIpc) is 2.18. The fourth-order valence-electron chi connectivity index (χ4n) is 0.269. The van der Waals surface area contributed by atoms with Crippen LogP contribution in [0.15, 0.2) is 0 Å². The third-order valence-electron chi connectivity index (χ3n) is 0.667. The number of carbonyl (C=O) groups is 2. The molecule has 1 amide bonds. The summed E-state index contributed by atoms with van der Waals surface area (Å²) < 4.78 is 4.20. The van der Waals surface area contributed by atoms with E-state index in [4.69, 9.17) is 0 Å². The zero-order valence-electron chi connectivity index (χ0n) is 10.1. The Bertz CT molecular complexity index is 135. The molecule has 0 spiro atoms. The standard InChI is InChI=1S/C5H9NO3.C3H8.C2H6/c1-4(7)3-6-5(8)9-2;1-3-2;1-2/h3H2,1-2H3,(H,6,8);3H2,1-2H3;1-2H3. The van der Waals surface area contributed by atoms with Gasteiger partial charge in [0, 0.05) is 0 Å². The molecule has 0 saturated heterocycles. The molecule has 0 aliphatic rings. The number of Topliss-reactive ketones (excluding diaryl/α,β-unsaturated/α-hetero) is 1. The highest BCUT2D eigenvalue weighted by Gasteiger charge is 1.97. The first-order valence-corrected chi connectivity index (χ1v) is 4.89. The van der Waals surface area contributed by atoms with Crippen LogP contribution in [-0.2, 0) is 9.53 Å². The summed E-state index contributed by atoms with van der Waals surface area (Å²) in [5.74, 6) is -0.0969. The highest BCUT2D eigenvalue weighted by atomic mass is 16.5. The number of methoxy groups -OCH3 is 1. The molecular formula is C10H23NO3. The van der Waals surface area contributed by atoms with Crippen LogP contribution < -0.4 is 5.32 Å². The Hall–Kier alpha value is -1.06. The smallest absolute Gasteiger partial charge is 0.407 e. The minimum atomic E-state index is -0.579. The molecule has 4 heteroatoms. The maximum atomic E-state index is 10.2. The lowest BCUT2D eigenvalue weighted by molar-refractivity contribution is -0.116. The van der Waals surface area contributed by atoms with E-state index in [0.717, 1.165) is 0 Å². The summed E-state index contributed by atoms with van der Waals surface area (Å²) in [6.07, 6.45) is 0.671. The predicted molar refractivity (Wildman–Crippen MR) is 58.4 cm³/mol. The van der Waals surface area contributed by atoms with Gasteiger partial charge in [0.25, 0.3) is 0 Å². The predicted octanol–water partition coefficient (Wildman–Crippen LogP) is 2.37. The van der Waals surface area contributed by atoms with Crippen molar-refractivity contribution in [1.29, 1.82) is 0 Å². The van der Waals surface area contributed by atoms with Gasteiger partial charge in [0.15, 0.2) is 0 Å². The van der Waals surface area contributed by atoms with E-state index in [1.54, 1.807) is 0 Å². The van der Waals surface area contributed by atoms with Crippen LogP contribution >= 0.6 is 0 Å². The Morgan fingerprint density at radius 3 is 1.79 bits per heavy atom. The van der Waals surface area contributed by atoms with Crippen molar-refractivity contribution in [3.05, 3.63) is 0 Å². The molecule has 4 nitrogen and oxygen atoms in total. The summed E-state index contributed by atoms with van der Waals surface area (Å²) in [4.78, 5) is 20.4. The largest absolute Gasteiger partial charge is 0.453 e. The number of alkyl carbamates (subject to hydrolysis) is 1. The van der Waals surface area contributed by atoms with Gasteiger partial charge in [0.1, 0.15) is 5.78 Å². The van der Waals surface area contributed by atoms with Gasteiger partial charge in [-0.3, -0.25) is 4.79 Å². The fourth-order valence-corrected chi connectivity index (χ4v) is 0.269. The SMILES string of the molecule is CC.CCC.COC(=O)NCC(C)=O. The Balaban J connectivity index is -0.000000205. The molecule has 0 aromatic carbocycles. The van der Waals surface area contributed by atoms with Gasteiger partial charge in [0.2, 0.25) is 0 Å². The number of ketones is 1. The number of hydrogen-bond donors (Lipinski definition) is 1. The van der Waals surface area contributed by atoms with Crippen LogP contribution in [0.3, 0.4) is 0 Å². The van der Waals surface area contributed by atoms with Crippen LogP contribution in [0.4, 0.5) is 4.79 Å². The Morgan fingerprint density at radius 1 is 1.21 bits per heavy atom. The van der Waals surface area contributed by atoms with E-state index in [-0.39, 0.29) is 12.3 Å². The fraction of sp³-hybridized carbons (Fsp3) is 0.800. The summed E-state index contributed by atoms with van der Waals surface area (Å²) in [5, 5.41) is 2.22. The first-order valence-electron chi connectivity index (χ1n) is 4.89. The lowest BCUT2D eigenvalue weighted by Crippen LogP contribution is -2.27. The highest BCUT2D eigenvalue weighted by molar-refractivity contribution is 5.81. The van der Waals surface area contributed by atoms with Crippen LogP contribution in [0.5, 0.6) is 0 Å². The Morgan fingerprint density at radius 2 is 1.57 bits per heavy atom. The zero-order chi connectivity index (χ0) is 12.0. The molecule has 0 saturated carbocycles. The van der Waals surface area contributed by atoms with Gasteiger partial charge in [-0.2, -0.15) is 0 Å². The van der Waals surface area contributed by atoms with Gasteiger partial charge < -0.3 is 10.1 Å². The topological polar surface area (TPSA) is 55.4 Å². The highest BCUT2D eigenvalue weighted by Crippen LogP contribution is 1.70. The molecule has 1 N–H and O–H groups in total. The third-order valence-corrected chi connectivity index (χ3v) is 0.667. The van der Waals surface area contributed by atoms with Crippen molar-refractivity contribution >= 4 is 11.9 Å². The first kappa shape index (κ1) is 18.7. The van der Waals surface area contributed by atoms with Crippen LogP contribution in [0.1, 0.15) is 41.0 Å². The molecule has 14 heavy (non-hydrogen) atoms. The molecule has 0 unspecified atom stereocenters. The van der Waals surface area contributed by atoms with Crippen molar-refractivity contribution in [3.63, 3.8) is 0 Å². The van der Waals surface area contributed by atoms with E-state index in [9.17, 15) is 9.59 Å². The Labute approximate surface area is 87.0 Å². The van der Waals surface area contributed by atoms with Crippen molar-refractivity contribution in [3.8, 4) is 0 Å². The van der Waals surface area contributed by atoms with Crippen molar-refractivity contribution in [1.82, 2.24) is 5.32 Å². The maximum Gasteiger partial charge on any atom is 0.407 e. The van der Waals surface area contributed by atoms with E-state index in [1.807, 2.05) is 13.8 Å². The van der Waals surface area contributed by atoms with Gasteiger partial charge in [-0.25, -0.2) is 4.79 Å². The normalized spacial score (nSPS) is 7.00. The minimum Gasteiger partial charge on any atom is -0.453 e. The number of ether oxygens (including phenoxy) is 1. The number of hydrogen-bond acceptors (Lipinski definition) is 3. The molecule has 0 aliphatic carbocycles. The molecule has 0 aromatic rings. The van der Waals surface area contributed by atoms with Crippen molar-refractivity contribution < 1.29 is 14.3 Å². The summed E-state index contributed by atoms with van der Waals surface area (Å²) in [7, 11) is 1.25. The molecule has 0 aliphatic heterocycles. The second-order valence-electron chi connectivity index (χ2n) is 2.25. The van der Waals surface area contributed by atoms with Gasteiger partial charge in [0.05, 0.1) is 13.7 Å². The van der Waals surface area contributed by atoms with Crippen LogP contribution in [0.2, 0.25) is 0 Å². The average molecular weight is 205 g/mol. The minimum absolute atomic E-state index is 0.0344. The van der Waals surface area contributed by atoms with Gasteiger partial charge in [-0.15, -0.1) is 0 Å². The summed E-state index contributed by atoms with van der Waals surface area (Å²) in [5.41, 5.74) is 0. The van der Waals surface area contributed by atoms with Crippen molar-refractivity contribution in [2.45, 2.75) is 41.0 Å². The number of nitrogens with one attached hydrogen (secondary N) is 1. The lowest BCUT2D eigenvalue weighted by atomic mass is 10.4. The first-order chi connectivity index (χ1) is 6.58. The molecule has 0 heterocycles. The second kappa shape index (κ2) is 17.9. The van der Waals surface area contributed by atoms with E-state index in [0.29, 0.717) is 0 Å². The second-order valence-corrected chi connectivity index (χ2v) is 2.25. The van der Waals surface area contributed by atoms with E-state index in [1.165, 1.54) is 20.5 Å². The summed E-state index contributed by atoms with van der Waals surface area (Å²) >= 11 is 0. The molecule has 0 aromatic heterocycles. The lowest BCUT2D eigenvalue weighted by Gasteiger charge is -1.97. The molecule has 86 valence electrons. The monoisotopic (exact) mass is 205 g/mol. The van der Waals surface area contributed by atoms with Crippen LogP contribution in [0, 0.1) is 0 Å². The van der Waals surface area contributed by atoms with E-state index in [2.05, 4.69) is 23.9 Å². The van der Waals surface area contributed by atoms with Gasteiger partial charge >= 0.3 is 6.09 Å². The maximum absolute atomic E-state index is 10.2. The molecule has 0 fully saturated rings. The number of amides is 1. The third kappa shape index (κ3) is 30.6. The van der Waals surface area contributed by atoms with Crippen molar-refractivity contribution in [2.24, 2.45) is 0 Å². The number of rotatable bonds is 2. The molecule has 0 rings (SSSR count). The van der Waals surface area contributed by atoms with Gasteiger partial charge in [-0.05, 0) is 6.92 Å².